The second-order valence-electron chi connectivity index (χ2n) is 4.82. The molecule has 2 rings (SSSR count). The number of hydrogen-bond acceptors (Lipinski definition) is 3. The maximum Gasteiger partial charge on any atom is 0.125 e. The molecule has 1 saturated heterocycles. The van der Waals surface area contributed by atoms with Crippen molar-refractivity contribution in [3.8, 4) is 0 Å². The first-order chi connectivity index (χ1) is 8.26. The second kappa shape index (κ2) is 5.50. The van der Waals surface area contributed by atoms with Crippen LogP contribution in [0.3, 0.4) is 0 Å². The number of anilines is 1. The smallest absolute Gasteiger partial charge is 0.125 e. The molecular weight excluding hydrogens is 210 g/mol. The monoisotopic (exact) mass is 233 g/mol. The SMILES string of the molecule is CCCN1CCC[C@@H]1c1ccc(NC)nc1C. The number of nitrogens with one attached hydrogen (secondary N) is 1. The predicted molar refractivity (Wildman–Crippen MR) is 72.4 cm³/mol. The Bertz CT molecular complexity index is 376. The summed E-state index contributed by atoms with van der Waals surface area (Å²) in [4.78, 5) is 7.19. The molecule has 3 nitrogen and oxygen atoms in total. The number of nitrogens with zero attached hydrogens (tertiary/aromatic N) is 2. The first-order valence-corrected chi connectivity index (χ1v) is 6.65. The normalized spacial score (nSPS) is 20.8. The fourth-order valence-electron chi connectivity index (χ4n) is 2.80. The summed E-state index contributed by atoms with van der Waals surface area (Å²) in [7, 11) is 1.92. The van der Waals surface area contributed by atoms with Gasteiger partial charge in [0.2, 0.25) is 0 Å². The molecule has 1 aromatic rings. The van der Waals surface area contributed by atoms with Gasteiger partial charge >= 0.3 is 0 Å². The minimum Gasteiger partial charge on any atom is -0.373 e. The van der Waals surface area contributed by atoms with Crippen molar-refractivity contribution in [1.29, 1.82) is 0 Å². The van der Waals surface area contributed by atoms with Crippen molar-refractivity contribution in [3.63, 3.8) is 0 Å². The molecule has 17 heavy (non-hydrogen) atoms. The fourth-order valence-corrected chi connectivity index (χ4v) is 2.80. The zero-order valence-electron chi connectivity index (χ0n) is 11.2. The lowest BCUT2D eigenvalue weighted by Crippen LogP contribution is -2.24. The molecule has 1 atom stereocenters. The molecule has 1 aromatic heterocycles. The van der Waals surface area contributed by atoms with Crippen LogP contribution in [0.5, 0.6) is 0 Å². The molecule has 2 heterocycles. The molecule has 0 aliphatic carbocycles. The van der Waals surface area contributed by atoms with Crippen molar-refractivity contribution in [3.05, 3.63) is 23.4 Å². The highest BCUT2D eigenvalue weighted by atomic mass is 15.2. The maximum atomic E-state index is 4.59. The van der Waals surface area contributed by atoms with Gasteiger partial charge in [0, 0.05) is 18.8 Å². The first kappa shape index (κ1) is 12.4. The average molecular weight is 233 g/mol. The molecule has 0 aromatic carbocycles. The quantitative estimate of drug-likeness (QED) is 0.866. The number of pyridine rings is 1. The van der Waals surface area contributed by atoms with Gasteiger partial charge in [0.15, 0.2) is 0 Å². The van der Waals surface area contributed by atoms with Gasteiger partial charge in [-0.2, -0.15) is 0 Å². The first-order valence-electron chi connectivity index (χ1n) is 6.65. The third-order valence-corrected chi connectivity index (χ3v) is 3.62. The summed E-state index contributed by atoms with van der Waals surface area (Å²) < 4.78 is 0. The molecule has 0 saturated carbocycles. The van der Waals surface area contributed by atoms with E-state index < -0.39 is 0 Å². The Hall–Kier alpha value is -1.09. The van der Waals surface area contributed by atoms with E-state index in [0.717, 1.165) is 5.82 Å². The molecule has 1 N–H and O–H groups in total. The highest BCUT2D eigenvalue weighted by molar-refractivity contribution is 5.39. The number of likely N-dealkylation sites (tertiary alicyclic amines) is 1. The number of aryl methyl sites for hydroxylation is 1. The Kier molecular flexibility index (Phi) is 4.00. The Morgan fingerprint density at radius 3 is 2.94 bits per heavy atom. The third kappa shape index (κ3) is 2.60. The highest BCUT2D eigenvalue weighted by Crippen LogP contribution is 2.33. The largest absolute Gasteiger partial charge is 0.373 e. The predicted octanol–water partition coefficient (Wildman–Crippen LogP) is 2.98. The van der Waals surface area contributed by atoms with Crippen LogP contribution < -0.4 is 5.32 Å². The minimum absolute atomic E-state index is 0.591. The topological polar surface area (TPSA) is 28.2 Å². The van der Waals surface area contributed by atoms with Crippen LogP contribution in [0.4, 0.5) is 5.82 Å². The van der Waals surface area contributed by atoms with E-state index in [4.69, 9.17) is 0 Å². The van der Waals surface area contributed by atoms with Crippen molar-refractivity contribution in [1.82, 2.24) is 9.88 Å². The lowest BCUT2D eigenvalue weighted by molar-refractivity contribution is 0.257. The lowest BCUT2D eigenvalue weighted by Gasteiger charge is -2.25. The van der Waals surface area contributed by atoms with E-state index in [0.29, 0.717) is 6.04 Å². The standard InChI is InChI=1S/C14H23N3/c1-4-9-17-10-5-6-13(17)12-7-8-14(15-3)16-11(12)2/h7-8,13H,4-6,9-10H2,1-3H3,(H,15,16)/t13-/m1/s1. The van der Waals surface area contributed by atoms with Crippen molar-refractivity contribution >= 4 is 5.82 Å². The van der Waals surface area contributed by atoms with Crippen LogP contribution in [0.15, 0.2) is 12.1 Å². The Morgan fingerprint density at radius 1 is 1.47 bits per heavy atom. The number of aromatic nitrogens is 1. The van der Waals surface area contributed by atoms with Crippen LogP contribution in [-0.2, 0) is 0 Å². The molecule has 0 bridgehead atoms. The van der Waals surface area contributed by atoms with Crippen LogP contribution in [0.2, 0.25) is 0 Å². The van der Waals surface area contributed by atoms with Gasteiger partial charge in [-0.3, -0.25) is 4.90 Å². The minimum atomic E-state index is 0.591. The van der Waals surface area contributed by atoms with E-state index >= 15 is 0 Å². The van der Waals surface area contributed by atoms with Gasteiger partial charge in [-0.15, -0.1) is 0 Å². The number of rotatable bonds is 4. The Morgan fingerprint density at radius 2 is 2.29 bits per heavy atom. The van der Waals surface area contributed by atoms with Crippen LogP contribution >= 0.6 is 0 Å². The summed E-state index contributed by atoms with van der Waals surface area (Å²) in [5.41, 5.74) is 2.58. The van der Waals surface area contributed by atoms with E-state index in [9.17, 15) is 0 Å². The van der Waals surface area contributed by atoms with E-state index in [2.05, 4.69) is 41.2 Å². The molecule has 1 fully saturated rings. The molecule has 1 aliphatic heterocycles. The van der Waals surface area contributed by atoms with Crippen molar-refractivity contribution in [2.24, 2.45) is 0 Å². The van der Waals surface area contributed by atoms with Gasteiger partial charge in [-0.25, -0.2) is 4.98 Å². The van der Waals surface area contributed by atoms with Crippen LogP contribution in [0.25, 0.3) is 0 Å². The van der Waals surface area contributed by atoms with Gasteiger partial charge in [-0.05, 0) is 50.9 Å². The Balaban J connectivity index is 2.21. The average Bonchev–Trinajstić information content (AvgIpc) is 2.77. The summed E-state index contributed by atoms with van der Waals surface area (Å²) in [6, 6.07) is 4.92. The van der Waals surface area contributed by atoms with Crippen molar-refractivity contribution in [2.45, 2.75) is 39.2 Å². The van der Waals surface area contributed by atoms with E-state index in [-0.39, 0.29) is 0 Å². The zero-order valence-corrected chi connectivity index (χ0v) is 11.2. The summed E-state index contributed by atoms with van der Waals surface area (Å²) in [5.74, 6) is 0.964. The number of hydrogen-bond donors (Lipinski definition) is 1. The molecule has 0 amide bonds. The van der Waals surface area contributed by atoms with Crippen LogP contribution in [0.1, 0.15) is 43.5 Å². The maximum absolute atomic E-state index is 4.59. The summed E-state index contributed by atoms with van der Waals surface area (Å²) in [6.45, 7) is 6.83. The van der Waals surface area contributed by atoms with Gasteiger partial charge in [0.05, 0.1) is 0 Å². The molecular formula is C14H23N3. The molecule has 0 spiro atoms. The molecule has 0 radical (unpaired) electrons. The Labute approximate surface area is 104 Å². The van der Waals surface area contributed by atoms with Crippen LogP contribution in [-0.4, -0.2) is 30.0 Å². The van der Waals surface area contributed by atoms with Crippen molar-refractivity contribution < 1.29 is 0 Å². The van der Waals surface area contributed by atoms with Gasteiger partial charge in [0.25, 0.3) is 0 Å². The van der Waals surface area contributed by atoms with Gasteiger partial charge < -0.3 is 5.32 Å². The molecule has 1 aliphatic rings. The molecule has 0 unspecified atom stereocenters. The second-order valence-corrected chi connectivity index (χ2v) is 4.82. The van der Waals surface area contributed by atoms with Crippen LogP contribution in [0, 0.1) is 6.92 Å². The van der Waals surface area contributed by atoms with Gasteiger partial charge in [0.1, 0.15) is 5.82 Å². The third-order valence-electron chi connectivity index (χ3n) is 3.62. The van der Waals surface area contributed by atoms with E-state index in [1.807, 2.05) is 7.05 Å². The van der Waals surface area contributed by atoms with E-state index in [1.165, 1.54) is 43.6 Å². The van der Waals surface area contributed by atoms with Gasteiger partial charge in [-0.1, -0.05) is 13.0 Å². The summed E-state index contributed by atoms with van der Waals surface area (Å²) in [6.07, 6.45) is 3.83. The molecule has 94 valence electrons. The van der Waals surface area contributed by atoms with E-state index in [1.54, 1.807) is 0 Å². The van der Waals surface area contributed by atoms with Crippen molar-refractivity contribution in [2.75, 3.05) is 25.5 Å². The summed E-state index contributed by atoms with van der Waals surface area (Å²) in [5, 5.41) is 3.10. The molecule has 3 heteroatoms. The lowest BCUT2D eigenvalue weighted by atomic mass is 10.0. The summed E-state index contributed by atoms with van der Waals surface area (Å²) >= 11 is 0. The fraction of sp³-hybridized carbons (Fsp3) is 0.643. The highest BCUT2D eigenvalue weighted by Gasteiger charge is 2.26. The zero-order chi connectivity index (χ0) is 12.3.